The van der Waals surface area contributed by atoms with Crippen molar-refractivity contribution in [3.63, 3.8) is 0 Å². The average molecular weight is 1060 g/mol. The van der Waals surface area contributed by atoms with E-state index in [-0.39, 0.29) is 18.5 Å². The zero-order valence-electron chi connectivity index (χ0n) is 50.8. The van der Waals surface area contributed by atoms with Crippen LogP contribution in [0.15, 0.2) is 24.3 Å². The van der Waals surface area contributed by atoms with Gasteiger partial charge in [0, 0.05) is 12.8 Å². The van der Waals surface area contributed by atoms with E-state index in [0.29, 0.717) is 25.9 Å². The minimum Gasteiger partial charge on any atom is -0.466 e. The Morgan fingerprint density at radius 2 is 0.667 bits per heavy atom. The van der Waals surface area contributed by atoms with E-state index in [9.17, 15) is 19.8 Å². The first-order valence-corrected chi connectivity index (χ1v) is 34.1. The van der Waals surface area contributed by atoms with Crippen LogP contribution in [-0.2, 0) is 14.3 Å². The first kappa shape index (κ1) is 73.3. The summed E-state index contributed by atoms with van der Waals surface area (Å²) in [5, 5.41) is 23.3. The van der Waals surface area contributed by atoms with Gasteiger partial charge in [0.05, 0.1) is 25.4 Å². The number of carbonyl (C=O) groups is 2. The second-order valence-corrected chi connectivity index (χ2v) is 23.5. The van der Waals surface area contributed by atoms with Gasteiger partial charge in [-0.1, -0.05) is 334 Å². The van der Waals surface area contributed by atoms with Crippen LogP contribution in [0.4, 0.5) is 0 Å². The molecule has 0 heterocycles. The van der Waals surface area contributed by atoms with Crippen molar-refractivity contribution in [1.82, 2.24) is 5.32 Å². The lowest BCUT2D eigenvalue weighted by molar-refractivity contribution is -0.143. The second-order valence-electron chi connectivity index (χ2n) is 23.5. The average Bonchev–Trinajstić information content (AvgIpc) is 3.41. The molecule has 2 atom stereocenters. The number of rotatable bonds is 64. The minimum absolute atomic E-state index is 0.00592. The zero-order valence-corrected chi connectivity index (χ0v) is 50.8. The fourth-order valence-electron chi connectivity index (χ4n) is 10.8. The number of unbranched alkanes of at least 4 members (excludes halogenated alkanes) is 49. The lowest BCUT2D eigenvalue weighted by Gasteiger charge is -2.22. The molecule has 0 radical (unpaired) electrons. The van der Waals surface area contributed by atoms with E-state index in [1.54, 1.807) is 0 Å². The van der Waals surface area contributed by atoms with E-state index in [2.05, 4.69) is 43.5 Å². The van der Waals surface area contributed by atoms with Crippen LogP contribution in [0.5, 0.6) is 0 Å². The molecule has 75 heavy (non-hydrogen) atoms. The Bertz CT molecular complexity index is 1170. The van der Waals surface area contributed by atoms with E-state index >= 15 is 0 Å². The number of carbonyl (C=O) groups excluding carboxylic acids is 2. The number of ether oxygens (including phenoxy) is 1. The van der Waals surface area contributed by atoms with E-state index in [1.807, 2.05) is 0 Å². The van der Waals surface area contributed by atoms with Crippen molar-refractivity contribution in [3.8, 4) is 0 Å². The van der Waals surface area contributed by atoms with Gasteiger partial charge in [-0.05, 0) is 57.8 Å². The largest absolute Gasteiger partial charge is 0.466 e. The molecule has 0 saturated heterocycles. The van der Waals surface area contributed by atoms with Crippen molar-refractivity contribution in [2.75, 3.05) is 13.2 Å². The van der Waals surface area contributed by atoms with Gasteiger partial charge in [0.25, 0.3) is 0 Å². The van der Waals surface area contributed by atoms with Crippen LogP contribution < -0.4 is 5.32 Å². The summed E-state index contributed by atoms with van der Waals surface area (Å²) >= 11 is 0. The van der Waals surface area contributed by atoms with Gasteiger partial charge in [0.2, 0.25) is 5.91 Å². The van der Waals surface area contributed by atoms with Gasteiger partial charge < -0.3 is 20.3 Å². The summed E-state index contributed by atoms with van der Waals surface area (Å²) in [6, 6.07) is -0.538. The summed E-state index contributed by atoms with van der Waals surface area (Å²) in [4.78, 5) is 24.6. The van der Waals surface area contributed by atoms with Crippen molar-refractivity contribution < 1.29 is 24.5 Å². The Kier molecular flexibility index (Phi) is 63.4. The van der Waals surface area contributed by atoms with Crippen LogP contribution >= 0.6 is 0 Å². The van der Waals surface area contributed by atoms with Crippen molar-refractivity contribution in [1.29, 1.82) is 0 Å². The first-order chi connectivity index (χ1) is 37.0. The third kappa shape index (κ3) is 61.4. The molecule has 0 bridgehead atoms. The molecule has 2 unspecified atom stereocenters. The fourth-order valence-corrected chi connectivity index (χ4v) is 10.8. The summed E-state index contributed by atoms with van der Waals surface area (Å²) in [5.41, 5.74) is 0. The SMILES string of the molecule is CCCCC/C=C\C/C=C\CCCCCCCC(=O)OCCCCCCCCCCCCCCCCCCCCCCCCCCCCCCCC(=O)NC(CO)C(O)CCCCCCCCCCCCCCCC. The number of nitrogens with one attached hydrogen (secondary N) is 1. The highest BCUT2D eigenvalue weighted by atomic mass is 16.5. The molecule has 3 N–H and O–H groups in total. The maximum atomic E-state index is 12.5. The van der Waals surface area contributed by atoms with Gasteiger partial charge in [0.15, 0.2) is 0 Å². The van der Waals surface area contributed by atoms with Crippen LogP contribution in [0.3, 0.4) is 0 Å². The second kappa shape index (κ2) is 64.9. The fraction of sp³-hybridized carbons (Fsp3) is 0.913. The molecular formula is C69H133NO5. The monoisotopic (exact) mass is 1060 g/mol. The lowest BCUT2D eigenvalue weighted by Crippen LogP contribution is -2.45. The molecule has 0 spiro atoms. The molecule has 0 aliphatic carbocycles. The van der Waals surface area contributed by atoms with E-state index in [4.69, 9.17) is 4.74 Å². The maximum absolute atomic E-state index is 12.5. The molecule has 0 aliphatic heterocycles. The number of hydrogen-bond acceptors (Lipinski definition) is 5. The number of hydrogen-bond donors (Lipinski definition) is 3. The van der Waals surface area contributed by atoms with Gasteiger partial charge in [-0.15, -0.1) is 0 Å². The molecule has 444 valence electrons. The number of allylic oxidation sites excluding steroid dienone is 4. The first-order valence-electron chi connectivity index (χ1n) is 34.1. The van der Waals surface area contributed by atoms with Crippen molar-refractivity contribution in [2.45, 2.75) is 392 Å². The molecule has 0 rings (SSSR count). The van der Waals surface area contributed by atoms with Crippen LogP contribution in [0.2, 0.25) is 0 Å². The van der Waals surface area contributed by atoms with Crippen LogP contribution in [0.25, 0.3) is 0 Å². The number of amides is 1. The molecule has 0 aromatic carbocycles. The van der Waals surface area contributed by atoms with Gasteiger partial charge in [-0.2, -0.15) is 0 Å². The van der Waals surface area contributed by atoms with Crippen LogP contribution in [0, 0.1) is 0 Å². The van der Waals surface area contributed by atoms with E-state index < -0.39 is 12.1 Å². The zero-order chi connectivity index (χ0) is 54.3. The summed E-state index contributed by atoms with van der Waals surface area (Å²) in [7, 11) is 0. The standard InChI is InChI=1S/C69H133NO5/c1-3-5-7-9-11-13-15-17-34-39-43-47-51-55-59-63-69(74)75-64-60-56-52-48-44-40-36-33-31-29-27-25-23-21-19-20-22-24-26-28-30-32-35-38-42-46-50-54-58-62-68(73)70-66(65-71)67(72)61-57-53-49-45-41-37-18-16-14-12-10-8-6-4-2/h11,13,17,34,66-67,71-72H,3-10,12,14-16,18-33,35-65H2,1-2H3,(H,70,73)/b13-11-,34-17-. The summed E-state index contributed by atoms with van der Waals surface area (Å²) in [6.07, 6.45) is 80.8. The molecule has 6 heteroatoms. The quantitative estimate of drug-likeness (QED) is 0.0320. The summed E-state index contributed by atoms with van der Waals surface area (Å²) in [6.45, 7) is 4.95. The third-order valence-electron chi connectivity index (χ3n) is 16.0. The molecule has 0 aromatic heterocycles. The van der Waals surface area contributed by atoms with Gasteiger partial charge in [-0.25, -0.2) is 0 Å². The van der Waals surface area contributed by atoms with Crippen LogP contribution in [-0.4, -0.2) is 47.4 Å². The third-order valence-corrected chi connectivity index (χ3v) is 16.0. The molecule has 1 amide bonds. The predicted octanol–water partition coefficient (Wildman–Crippen LogP) is 21.8. The minimum atomic E-state index is -0.661. The smallest absolute Gasteiger partial charge is 0.305 e. The highest BCUT2D eigenvalue weighted by Gasteiger charge is 2.20. The van der Waals surface area contributed by atoms with Crippen molar-refractivity contribution >= 4 is 11.9 Å². The van der Waals surface area contributed by atoms with Gasteiger partial charge in [-0.3, -0.25) is 9.59 Å². The lowest BCUT2D eigenvalue weighted by atomic mass is 10.0. The molecule has 0 aromatic rings. The number of aliphatic hydroxyl groups is 2. The number of esters is 1. The Morgan fingerprint density at radius 1 is 0.373 bits per heavy atom. The van der Waals surface area contributed by atoms with Gasteiger partial charge >= 0.3 is 5.97 Å². The topological polar surface area (TPSA) is 95.9 Å². The molecule has 0 fully saturated rings. The van der Waals surface area contributed by atoms with Gasteiger partial charge in [0.1, 0.15) is 0 Å². The van der Waals surface area contributed by atoms with E-state index in [0.717, 1.165) is 51.4 Å². The predicted molar refractivity (Wildman–Crippen MR) is 329 cm³/mol. The molecule has 0 saturated carbocycles. The molecule has 6 nitrogen and oxygen atoms in total. The van der Waals surface area contributed by atoms with Crippen molar-refractivity contribution in [3.05, 3.63) is 24.3 Å². The number of aliphatic hydroxyl groups excluding tert-OH is 2. The highest BCUT2D eigenvalue weighted by Crippen LogP contribution is 2.19. The Hall–Kier alpha value is -1.66. The normalized spacial score (nSPS) is 12.6. The Labute approximate surface area is 469 Å². The molecule has 0 aliphatic rings. The Balaban J connectivity index is 3.33. The summed E-state index contributed by atoms with van der Waals surface area (Å²) in [5.74, 6) is -0.0233. The highest BCUT2D eigenvalue weighted by molar-refractivity contribution is 5.76. The summed E-state index contributed by atoms with van der Waals surface area (Å²) < 4.78 is 5.49. The van der Waals surface area contributed by atoms with Crippen molar-refractivity contribution in [2.24, 2.45) is 0 Å². The Morgan fingerprint density at radius 3 is 1.04 bits per heavy atom. The molecular weight excluding hydrogens is 923 g/mol. The maximum Gasteiger partial charge on any atom is 0.305 e. The van der Waals surface area contributed by atoms with E-state index in [1.165, 1.54) is 295 Å². The van der Waals surface area contributed by atoms with Crippen LogP contribution in [0.1, 0.15) is 380 Å².